The smallest absolute Gasteiger partial charge is 0.307 e. The largest absolute Gasteiger partial charge is 0.454 e. The second-order valence-electron chi connectivity index (χ2n) is 3.04. The number of amides is 1. The molecule has 84 valence electrons. The van der Waals surface area contributed by atoms with Gasteiger partial charge in [0.15, 0.2) is 5.76 Å². The Morgan fingerprint density at radius 1 is 1.56 bits per heavy atom. The fourth-order valence-electron chi connectivity index (χ4n) is 1.23. The Balaban J connectivity index is 2.18. The van der Waals surface area contributed by atoms with Gasteiger partial charge in [-0.15, -0.1) is 0 Å². The van der Waals surface area contributed by atoms with Crippen molar-refractivity contribution in [2.45, 2.75) is 6.54 Å². The van der Waals surface area contributed by atoms with Crippen molar-refractivity contribution in [2.24, 2.45) is 5.84 Å². The molecule has 0 spiro atoms. The molecule has 7 heteroatoms. The van der Waals surface area contributed by atoms with Gasteiger partial charge in [-0.3, -0.25) is 19.6 Å². The molecule has 0 saturated heterocycles. The third-order valence-electron chi connectivity index (χ3n) is 1.99. The highest BCUT2D eigenvalue weighted by Crippen LogP contribution is 2.08. The number of carbonyl (C=O) groups is 1. The first-order valence-electron chi connectivity index (χ1n) is 4.44. The van der Waals surface area contributed by atoms with Crippen LogP contribution < -0.4 is 16.1 Å². The van der Waals surface area contributed by atoms with Crippen molar-refractivity contribution >= 4 is 17.2 Å². The molecule has 6 nitrogen and oxygen atoms in total. The predicted octanol–water partition coefficient (Wildman–Crippen LogP) is 0.155. The molecule has 3 N–H and O–H groups in total. The zero-order valence-electron chi connectivity index (χ0n) is 8.17. The number of thiazole rings is 1. The van der Waals surface area contributed by atoms with E-state index < -0.39 is 5.91 Å². The van der Waals surface area contributed by atoms with Crippen LogP contribution in [0.2, 0.25) is 0 Å². The van der Waals surface area contributed by atoms with E-state index in [-0.39, 0.29) is 10.6 Å². The third-order valence-corrected chi connectivity index (χ3v) is 2.68. The molecule has 0 bridgehead atoms. The molecule has 2 heterocycles. The summed E-state index contributed by atoms with van der Waals surface area (Å²) in [5.74, 6) is 5.12. The van der Waals surface area contributed by atoms with Gasteiger partial charge in [-0.1, -0.05) is 11.3 Å². The number of hydrogen-bond acceptors (Lipinski definition) is 5. The van der Waals surface area contributed by atoms with Crippen molar-refractivity contribution in [2.75, 3.05) is 0 Å². The van der Waals surface area contributed by atoms with Gasteiger partial charge >= 0.3 is 10.8 Å². The lowest BCUT2D eigenvalue weighted by atomic mass is 10.4. The summed E-state index contributed by atoms with van der Waals surface area (Å²) >= 11 is 1.11. The lowest BCUT2D eigenvalue weighted by Crippen LogP contribution is -2.29. The van der Waals surface area contributed by atoms with Crippen molar-refractivity contribution in [1.82, 2.24) is 9.99 Å². The molecular weight excluding hydrogens is 230 g/mol. The Kier molecular flexibility index (Phi) is 2.88. The number of rotatable bonds is 3. The number of aromatic nitrogens is 1. The average Bonchev–Trinajstić information content (AvgIpc) is 2.89. The monoisotopic (exact) mass is 239 g/mol. The van der Waals surface area contributed by atoms with Crippen molar-refractivity contribution in [3.63, 3.8) is 0 Å². The van der Waals surface area contributed by atoms with Crippen LogP contribution in [0.25, 0.3) is 0 Å². The highest BCUT2D eigenvalue weighted by molar-refractivity contribution is 7.07. The zero-order chi connectivity index (χ0) is 11.5. The Labute approximate surface area is 94.3 Å². The molecule has 0 atom stereocenters. The molecule has 2 aromatic rings. The zero-order valence-corrected chi connectivity index (χ0v) is 8.99. The predicted molar refractivity (Wildman–Crippen MR) is 58.0 cm³/mol. The molecule has 0 saturated carbocycles. The Morgan fingerprint density at radius 3 is 3.00 bits per heavy atom. The second-order valence-corrected chi connectivity index (χ2v) is 3.89. The van der Waals surface area contributed by atoms with Gasteiger partial charge in [0.1, 0.15) is 5.76 Å². The van der Waals surface area contributed by atoms with Gasteiger partial charge in [0.2, 0.25) is 0 Å². The standard InChI is InChI=1S/C9H9N3O3S/c10-11-8(13)7-2-1-6(15-7)5-12-3-4-16-9(12)14/h1-4H,5,10H2,(H,11,13). The van der Waals surface area contributed by atoms with Gasteiger partial charge in [-0.05, 0) is 12.1 Å². The maximum atomic E-state index is 11.3. The molecule has 0 aliphatic rings. The number of hydrazine groups is 1. The molecule has 0 unspecified atom stereocenters. The minimum Gasteiger partial charge on any atom is -0.454 e. The van der Waals surface area contributed by atoms with Crippen LogP contribution in [0.4, 0.5) is 0 Å². The summed E-state index contributed by atoms with van der Waals surface area (Å²) < 4.78 is 6.71. The van der Waals surface area contributed by atoms with Crippen molar-refractivity contribution in [3.8, 4) is 0 Å². The number of hydrogen-bond donors (Lipinski definition) is 2. The van der Waals surface area contributed by atoms with Crippen molar-refractivity contribution in [1.29, 1.82) is 0 Å². The van der Waals surface area contributed by atoms with Crippen LogP contribution >= 0.6 is 11.3 Å². The SMILES string of the molecule is NNC(=O)c1ccc(Cn2ccsc2=O)o1. The van der Waals surface area contributed by atoms with Crippen LogP contribution in [-0.2, 0) is 6.54 Å². The molecule has 0 radical (unpaired) electrons. The van der Waals surface area contributed by atoms with E-state index in [2.05, 4.69) is 0 Å². The summed E-state index contributed by atoms with van der Waals surface area (Å²) in [6, 6.07) is 3.14. The van der Waals surface area contributed by atoms with Gasteiger partial charge in [-0.2, -0.15) is 0 Å². The fraction of sp³-hybridized carbons (Fsp3) is 0.111. The normalized spacial score (nSPS) is 10.3. The van der Waals surface area contributed by atoms with Crippen molar-refractivity contribution < 1.29 is 9.21 Å². The molecule has 0 fully saturated rings. The minimum atomic E-state index is -0.496. The summed E-state index contributed by atoms with van der Waals surface area (Å²) in [6.45, 7) is 0.306. The first-order valence-corrected chi connectivity index (χ1v) is 5.32. The highest BCUT2D eigenvalue weighted by Gasteiger charge is 2.10. The molecular formula is C9H9N3O3S. The Bertz CT molecular complexity index is 554. The topological polar surface area (TPSA) is 90.3 Å². The molecule has 0 aliphatic heterocycles. The van der Waals surface area contributed by atoms with Gasteiger partial charge in [-0.25, -0.2) is 5.84 Å². The van der Waals surface area contributed by atoms with Gasteiger partial charge in [0.05, 0.1) is 6.54 Å². The number of nitrogens with zero attached hydrogens (tertiary/aromatic N) is 1. The summed E-state index contributed by atoms with van der Waals surface area (Å²) in [4.78, 5) is 22.3. The highest BCUT2D eigenvalue weighted by atomic mass is 32.1. The Hall–Kier alpha value is -1.86. The average molecular weight is 239 g/mol. The van der Waals surface area contributed by atoms with Crippen molar-refractivity contribution in [3.05, 3.63) is 44.9 Å². The number of carbonyl (C=O) groups excluding carboxylic acids is 1. The van der Waals surface area contributed by atoms with Crippen LogP contribution in [0.1, 0.15) is 16.3 Å². The van der Waals surface area contributed by atoms with E-state index in [9.17, 15) is 9.59 Å². The third kappa shape index (κ3) is 2.05. The molecule has 0 aliphatic carbocycles. The summed E-state index contributed by atoms with van der Waals surface area (Å²) in [5.41, 5.74) is 1.97. The summed E-state index contributed by atoms with van der Waals surface area (Å²) in [6.07, 6.45) is 1.66. The number of nitrogens with one attached hydrogen (secondary N) is 1. The van der Waals surface area contributed by atoms with Crippen LogP contribution in [0, 0.1) is 0 Å². The van der Waals surface area contributed by atoms with Gasteiger partial charge < -0.3 is 4.42 Å². The van der Waals surface area contributed by atoms with Crippen LogP contribution in [-0.4, -0.2) is 10.5 Å². The van der Waals surface area contributed by atoms with E-state index >= 15 is 0 Å². The lowest BCUT2D eigenvalue weighted by molar-refractivity contribution is 0.0924. The van der Waals surface area contributed by atoms with E-state index in [0.717, 1.165) is 11.3 Å². The van der Waals surface area contributed by atoms with E-state index in [0.29, 0.717) is 12.3 Å². The number of nitrogen functional groups attached to an aromatic ring is 1. The van der Waals surface area contributed by atoms with E-state index in [4.69, 9.17) is 10.3 Å². The molecule has 2 aromatic heterocycles. The maximum Gasteiger partial charge on any atom is 0.307 e. The first kappa shape index (κ1) is 10.7. The van der Waals surface area contributed by atoms with Gasteiger partial charge in [0.25, 0.3) is 0 Å². The van der Waals surface area contributed by atoms with E-state index in [1.165, 1.54) is 10.6 Å². The Morgan fingerprint density at radius 2 is 2.38 bits per heavy atom. The first-order chi connectivity index (χ1) is 7.70. The van der Waals surface area contributed by atoms with Crippen LogP contribution in [0.3, 0.4) is 0 Å². The molecule has 0 aromatic carbocycles. The minimum absolute atomic E-state index is 0.0683. The number of furan rings is 1. The van der Waals surface area contributed by atoms with E-state index in [1.807, 2.05) is 5.43 Å². The summed E-state index contributed by atoms with van der Waals surface area (Å²) in [7, 11) is 0. The second kappa shape index (κ2) is 4.33. The van der Waals surface area contributed by atoms with E-state index in [1.54, 1.807) is 17.6 Å². The van der Waals surface area contributed by atoms with Crippen LogP contribution in [0.15, 0.2) is 32.9 Å². The lowest BCUT2D eigenvalue weighted by Gasteiger charge is -1.97. The summed E-state index contributed by atoms with van der Waals surface area (Å²) in [5, 5.41) is 1.69. The van der Waals surface area contributed by atoms with Gasteiger partial charge in [0, 0.05) is 11.6 Å². The molecule has 16 heavy (non-hydrogen) atoms. The number of nitrogens with two attached hydrogens (primary N) is 1. The van der Waals surface area contributed by atoms with Crippen LogP contribution in [0.5, 0.6) is 0 Å². The maximum absolute atomic E-state index is 11.3. The quantitative estimate of drug-likeness (QED) is 0.453. The molecule has 2 rings (SSSR count). The molecule has 1 amide bonds. The fourth-order valence-corrected chi connectivity index (χ4v) is 1.82.